The number of allylic oxidation sites excluding steroid dienone is 2. The maximum atomic E-state index is 12.9. The average molecular weight is 423 g/mol. The van der Waals surface area contributed by atoms with Crippen molar-refractivity contribution in [3.63, 3.8) is 0 Å². The van der Waals surface area contributed by atoms with Gasteiger partial charge >= 0.3 is 0 Å². The predicted molar refractivity (Wildman–Crippen MR) is 110 cm³/mol. The third-order valence-corrected chi connectivity index (χ3v) is 4.52. The summed E-state index contributed by atoms with van der Waals surface area (Å²) in [6.45, 7) is 7.15. The number of piperazine rings is 1. The zero-order chi connectivity index (χ0) is 21.4. The molecule has 1 saturated heterocycles. The fraction of sp³-hybridized carbons (Fsp3) is 0.368. The number of carbonyl (C=O) groups is 2. The molecule has 29 heavy (non-hydrogen) atoms. The molecule has 3 rings (SSSR count). The number of aromatic nitrogens is 2. The number of aromatic amines is 1. The van der Waals surface area contributed by atoms with Gasteiger partial charge in [-0.05, 0) is 18.6 Å². The number of H-pyrrole nitrogens is 1. The molecule has 1 N–H and O–H groups in total. The van der Waals surface area contributed by atoms with Crippen LogP contribution in [0.25, 0.3) is 10.9 Å². The number of amides is 2. The number of carbonyl (C=O) groups excluding carboxylic acids is 2. The molecule has 2 aromatic rings. The van der Waals surface area contributed by atoms with Gasteiger partial charge in [0.1, 0.15) is 0 Å². The zero-order valence-corrected chi connectivity index (χ0v) is 17.4. The van der Waals surface area contributed by atoms with Crippen LogP contribution in [0.2, 0.25) is 0 Å². The Balaban J connectivity index is 0.00000145. The Labute approximate surface area is 173 Å². The minimum absolute atomic E-state index is 0.0722. The molecule has 0 saturated carbocycles. The summed E-state index contributed by atoms with van der Waals surface area (Å²) >= 11 is 6.05. The fourth-order valence-electron chi connectivity index (χ4n) is 2.98. The number of hydrazone groups is 1. The Morgan fingerprint density at radius 2 is 2.17 bits per heavy atom. The quantitative estimate of drug-likeness (QED) is 0.335. The Morgan fingerprint density at radius 1 is 1.41 bits per heavy atom. The Morgan fingerprint density at radius 3 is 2.83 bits per heavy atom. The van der Waals surface area contributed by atoms with Crippen LogP contribution in [-0.2, 0) is 16.1 Å². The van der Waals surface area contributed by atoms with Gasteiger partial charge in [-0.15, -0.1) is 5.10 Å². The van der Waals surface area contributed by atoms with Gasteiger partial charge in [0.25, 0.3) is 6.41 Å². The largest absolute Gasteiger partial charge is 0.358 e. The molecule has 2 amide bonds. The first-order valence-electron chi connectivity index (χ1n) is 9.24. The molecule has 1 fully saturated rings. The predicted octanol–water partition coefficient (Wildman–Crippen LogP) is 3.03. The summed E-state index contributed by atoms with van der Waals surface area (Å²) in [6, 6.07) is 5.81. The minimum atomic E-state index is -0.358. The third kappa shape index (κ3) is 5.54. The number of rotatable bonds is 6. The van der Waals surface area contributed by atoms with E-state index in [1.807, 2.05) is 32.0 Å². The van der Waals surface area contributed by atoms with Crippen molar-refractivity contribution in [2.75, 3.05) is 19.6 Å². The van der Waals surface area contributed by atoms with Gasteiger partial charge < -0.3 is 9.80 Å². The SMILES string of the molecule is C/C(Cl)=C(\C=N\N(F)C=O)N1CCN(Cc2cccc3[nH]ncc23)C(=O)C1.CC. The van der Waals surface area contributed by atoms with E-state index < -0.39 is 0 Å². The molecule has 0 bridgehead atoms. The average Bonchev–Trinajstić information content (AvgIpc) is 3.21. The fourth-order valence-corrected chi connectivity index (χ4v) is 3.15. The number of halogens is 2. The molecule has 0 atom stereocenters. The summed E-state index contributed by atoms with van der Waals surface area (Å²) in [5.74, 6) is -0.0851. The van der Waals surface area contributed by atoms with Crippen LogP contribution in [0.3, 0.4) is 0 Å². The molecular weight excluding hydrogens is 399 g/mol. The Bertz CT molecular complexity index is 909. The van der Waals surface area contributed by atoms with Crippen LogP contribution in [0, 0.1) is 0 Å². The molecule has 1 aliphatic rings. The highest BCUT2D eigenvalue weighted by molar-refractivity contribution is 6.30. The van der Waals surface area contributed by atoms with Crippen LogP contribution in [-0.4, -0.2) is 63.4 Å². The highest BCUT2D eigenvalue weighted by Crippen LogP contribution is 2.21. The first-order valence-corrected chi connectivity index (χ1v) is 9.61. The maximum absolute atomic E-state index is 12.9. The second-order valence-corrected chi connectivity index (χ2v) is 6.61. The molecule has 156 valence electrons. The number of nitrogens with one attached hydrogen (secondary N) is 1. The molecule has 2 heterocycles. The first kappa shape index (κ1) is 22.4. The maximum Gasteiger partial charge on any atom is 0.262 e. The Hall–Kier alpha value is -2.94. The summed E-state index contributed by atoms with van der Waals surface area (Å²) < 4.78 is 12.9. The molecule has 8 nitrogen and oxygen atoms in total. The summed E-state index contributed by atoms with van der Waals surface area (Å²) in [4.78, 5) is 26.4. The van der Waals surface area contributed by atoms with Gasteiger partial charge in [0, 0.05) is 30.1 Å². The lowest BCUT2D eigenvalue weighted by Crippen LogP contribution is -2.49. The van der Waals surface area contributed by atoms with Crippen molar-refractivity contribution >= 4 is 41.0 Å². The van der Waals surface area contributed by atoms with Crippen LogP contribution in [0.1, 0.15) is 26.3 Å². The number of nitrogens with zero attached hydrogens (tertiary/aromatic N) is 5. The van der Waals surface area contributed by atoms with Crippen LogP contribution < -0.4 is 0 Å². The second-order valence-electron chi connectivity index (χ2n) is 6.04. The van der Waals surface area contributed by atoms with Gasteiger partial charge in [0.15, 0.2) is 0 Å². The third-order valence-electron chi connectivity index (χ3n) is 4.33. The highest BCUT2D eigenvalue weighted by atomic mass is 35.5. The Kier molecular flexibility index (Phi) is 8.14. The standard InChI is InChI=1S/C17H18ClFN6O2.C2H6/c1-12(18)16(8-21-25(19)11-26)23-5-6-24(17(27)10-23)9-13-3-2-4-15-14(13)7-20-22-15;1-2/h2-4,7-8,11H,5-6,9-10H2,1H3,(H,20,22);1-2H3/b16-12-,21-8+;. The zero-order valence-electron chi connectivity index (χ0n) is 16.6. The van der Waals surface area contributed by atoms with E-state index in [1.54, 1.807) is 22.9 Å². The second kappa shape index (κ2) is 10.6. The molecule has 0 radical (unpaired) electrons. The van der Waals surface area contributed by atoms with E-state index in [2.05, 4.69) is 15.3 Å². The van der Waals surface area contributed by atoms with E-state index in [4.69, 9.17) is 11.6 Å². The lowest BCUT2D eigenvalue weighted by Gasteiger charge is -2.36. The summed E-state index contributed by atoms with van der Waals surface area (Å²) in [7, 11) is 0. The van der Waals surface area contributed by atoms with Gasteiger partial charge in [-0.3, -0.25) is 14.7 Å². The minimum Gasteiger partial charge on any atom is -0.358 e. The molecule has 0 aliphatic carbocycles. The summed E-state index contributed by atoms with van der Waals surface area (Å²) in [5, 5.41) is 11.3. The lowest BCUT2D eigenvalue weighted by atomic mass is 10.1. The molecular formula is C19H24ClFN6O2. The molecule has 0 unspecified atom stereocenters. The van der Waals surface area contributed by atoms with Crippen molar-refractivity contribution in [2.45, 2.75) is 27.3 Å². The number of hydrogen-bond acceptors (Lipinski definition) is 5. The molecule has 1 aromatic carbocycles. The molecule has 0 spiro atoms. The van der Waals surface area contributed by atoms with Crippen LogP contribution >= 0.6 is 11.6 Å². The van der Waals surface area contributed by atoms with Crippen LogP contribution in [0.4, 0.5) is 4.48 Å². The molecule has 1 aliphatic heterocycles. The number of benzene rings is 1. The van der Waals surface area contributed by atoms with Crippen molar-refractivity contribution < 1.29 is 14.1 Å². The molecule has 10 heteroatoms. The van der Waals surface area contributed by atoms with Gasteiger partial charge in [0.05, 0.1) is 30.2 Å². The monoisotopic (exact) mass is 422 g/mol. The topological polar surface area (TPSA) is 84.9 Å². The summed E-state index contributed by atoms with van der Waals surface area (Å²) in [6.07, 6.45) is 2.80. The van der Waals surface area contributed by atoms with E-state index in [9.17, 15) is 14.1 Å². The van der Waals surface area contributed by atoms with Gasteiger partial charge in [0.2, 0.25) is 5.91 Å². The van der Waals surface area contributed by atoms with Gasteiger partial charge in [-0.2, -0.15) is 5.10 Å². The first-order chi connectivity index (χ1) is 14.0. The number of hydrogen-bond donors (Lipinski definition) is 1. The van der Waals surface area contributed by atoms with Crippen molar-refractivity contribution in [3.05, 3.63) is 40.7 Å². The lowest BCUT2D eigenvalue weighted by molar-refractivity contribution is -0.135. The highest BCUT2D eigenvalue weighted by Gasteiger charge is 2.26. The summed E-state index contributed by atoms with van der Waals surface area (Å²) in [5.41, 5.74) is 2.32. The smallest absolute Gasteiger partial charge is 0.262 e. The van der Waals surface area contributed by atoms with Crippen molar-refractivity contribution in [1.82, 2.24) is 25.2 Å². The van der Waals surface area contributed by atoms with Crippen molar-refractivity contribution in [3.8, 4) is 0 Å². The molecule has 1 aromatic heterocycles. The normalized spacial score (nSPS) is 15.3. The van der Waals surface area contributed by atoms with E-state index in [0.717, 1.165) is 22.7 Å². The van der Waals surface area contributed by atoms with E-state index in [1.165, 1.54) is 0 Å². The van der Waals surface area contributed by atoms with Crippen LogP contribution in [0.15, 0.2) is 40.2 Å². The van der Waals surface area contributed by atoms with Crippen LogP contribution in [0.5, 0.6) is 0 Å². The van der Waals surface area contributed by atoms with Crippen molar-refractivity contribution in [2.24, 2.45) is 5.10 Å². The van der Waals surface area contributed by atoms with E-state index in [-0.39, 0.29) is 24.1 Å². The van der Waals surface area contributed by atoms with E-state index in [0.29, 0.717) is 30.4 Å². The van der Waals surface area contributed by atoms with E-state index >= 15 is 0 Å². The van der Waals surface area contributed by atoms with Gasteiger partial charge in [-0.1, -0.05) is 47.3 Å². The van der Waals surface area contributed by atoms with Crippen molar-refractivity contribution in [1.29, 1.82) is 0 Å². The number of fused-ring (bicyclic) bond motifs is 1. The van der Waals surface area contributed by atoms with Gasteiger partial charge in [-0.25, -0.2) is 0 Å².